The van der Waals surface area contributed by atoms with Gasteiger partial charge in [-0.15, -0.1) is 0 Å². The van der Waals surface area contributed by atoms with E-state index >= 15 is 0 Å². The summed E-state index contributed by atoms with van der Waals surface area (Å²) in [6.45, 7) is 2.22. The van der Waals surface area contributed by atoms with Crippen molar-refractivity contribution in [2.45, 2.75) is 19.0 Å². The highest BCUT2D eigenvalue weighted by Gasteiger charge is 2.14. The second-order valence-electron chi connectivity index (χ2n) is 4.08. The minimum absolute atomic E-state index is 0.0485. The van der Waals surface area contributed by atoms with Gasteiger partial charge in [0.25, 0.3) is 5.69 Å². The average molecular weight is 254 g/mol. The van der Waals surface area contributed by atoms with Gasteiger partial charge in [0.05, 0.1) is 24.2 Å². The molecule has 0 saturated heterocycles. The monoisotopic (exact) mass is 254 g/mol. The standard InChI is InChI=1S/C12H18N2O4/c1-9(13-11(7-15)8-18-2)10-4-3-5-12(6-10)14(16)17/h3-6,9,11,13,15H,7-8H2,1-2H3. The van der Waals surface area contributed by atoms with Gasteiger partial charge in [0.15, 0.2) is 0 Å². The van der Waals surface area contributed by atoms with Gasteiger partial charge >= 0.3 is 0 Å². The van der Waals surface area contributed by atoms with Crippen molar-refractivity contribution in [3.05, 3.63) is 39.9 Å². The highest BCUT2D eigenvalue weighted by atomic mass is 16.6. The van der Waals surface area contributed by atoms with Gasteiger partial charge in [-0.05, 0) is 12.5 Å². The number of hydrogen-bond donors (Lipinski definition) is 2. The van der Waals surface area contributed by atoms with E-state index in [4.69, 9.17) is 9.84 Å². The molecule has 0 aromatic heterocycles. The number of hydrogen-bond acceptors (Lipinski definition) is 5. The zero-order chi connectivity index (χ0) is 13.5. The fourth-order valence-corrected chi connectivity index (χ4v) is 1.71. The number of nitrogens with zero attached hydrogens (tertiary/aromatic N) is 1. The Kier molecular flexibility index (Phi) is 5.70. The van der Waals surface area contributed by atoms with Crippen LogP contribution < -0.4 is 5.32 Å². The maximum atomic E-state index is 10.7. The lowest BCUT2D eigenvalue weighted by Gasteiger charge is -2.21. The van der Waals surface area contributed by atoms with E-state index in [1.807, 2.05) is 13.0 Å². The van der Waals surface area contributed by atoms with Crippen LogP contribution >= 0.6 is 0 Å². The first kappa shape index (κ1) is 14.6. The summed E-state index contributed by atoms with van der Waals surface area (Å²) >= 11 is 0. The Bertz CT molecular complexity index is 397. The van der Waals surface area contributed by atoms with Crippen LogP contribution in [-0.4, -0.2) is 36.4 Å². The fourth-order valence-electron chi connectivity index (χ4n) is 1.71. The van der Waals surface area contributed by atoms with Crippen LogP contribution in [0, 0.1) is 10.1 Å². The minimum atomic E-state index is -0.422. The largest absolute Gasteiger partial charge is 0.395 e. The highest BCUT2D eigenvalue weighted by molar-refractivity contribution is 5.35. The number of ether oxygens (including phenoxy) is 1. The maximum Gasteiger partial charge on any atom is 0.269 e. The number of aliphatic hydroxyl groups is 1. The number of non-ortho nitro benzene ring substituents is 1. The third-order valence-electron chi connectivity index (χ3n) is 2.65. The van der Waals surface area contributed by atoms with Crippen molar-refractivity contribution in [3.63, 3.8) is 0 Å². The summed E-state index contributed by atoms with van der Waals surface area (Å²) in [5.41, 5.74) is 0.868. The van der Waals surface area contributed by atoms with Crippen molar-refractivity contribution in [3.8, 4) is 0 Å². The van der Waals surface area contributed by atoms with E-state index in [1.165, 1.54) is 12.1 Å². The number of aliphatic hydroxyl groups excluding tert-OH is 1. The molecule has 0 bridgehead atoms. The summed E-state index contributed by atoms with van der Waals surface area (Å²) in [5, 5.41) is 23.0. The van der Waals surface area contributed by atoms with E-state index in [0.29, 0.717) is 6.61 Å². The molecule has 0 aliphatic heterocycles. The average Bonchev–Trinajstić information content (AvgIpc) is 2.38. The molecule has 6 heteroatoms. The Balaban J connectivity index is 2.73. The Morgan fingerprint density at radius 3 is 2.83 bits per heavy atom. The van der Waals surface area contributed by atoms with Crippen LogP contribution in [0.2, 0.25) is 0 Å². The summed E-state index contributed by atoms with van der Waals surface area (Å²) in [6, 6.07) is 6.15. The molecular formula is C12H18N2O4. The number of nitrogens with one attached hydrogen (secondary N) is 1. The van der Waals surface area contributed by atoms with Gasteiger partial charge in [-0.1, -0.05) is 12.1 Å². The summed E-state index contributed by atoms with van der Waals surface area (Å²) in [7, 11) is 1.56. The van der Waals surface area contributed by atoms with E-state index < -0.39 is 4.92 Å². The fraction of sp³-hybridized carbons (Fsp3) is 0.500. The smallest absolute Gasteiger partial charge is 0.269 e. The van der Waals surface area contributed by atoms with E-state index in [9.17, 15) is 10.1 Å². The molecule has 0 amide bonds. The second kappa shape index (κ2) is 7.05. The van der Waals surface area contributed by atoms with Crippen LogP contribution in [0.4, 0.5) is 5.69 Å². The molecule has 0 aliphatic rings. The number of methoxy groups -OCH3 is 1. The van der Waals surface area contributed by atoms with Crippen molar-refractivity contribution in [2.75, 3.05) is 20.3 Å². The molecule has 6 nitrogen and oxygen atoms in total. The first-order chi connectivity index (χ1) is 8.58. The van der Waals surface area contributed by atoms with Gasteiger partial charge in [-0.25, -0.2) is 0 Å². The molecule has 2 atom stereocenters. The normalized spacial score (nSPS) is 14.2. The van der Waals surface area contributed by atoms with Gasteiger partial charge < -0.3 is 15.2 Å². The lowest BCUT2D eigenvalue weighted by Crippen LogP contribution is -2.38. The third-order valence-corrected chi connectivity index (χ3v) is 2.65. The number of nitro benzene ring substituents is 1. The van der Waals surface area contributed by atoms with Crippen LogP contribution in [0.3, 0.4) is 0 Å². The second-order valence-corrected chi connectivity index (χ2v) is 4.08. The van der Waals surface area contributed by atoms with Crippen molar-refractivity contribution in [1.82, 2.24) is 5.32 Å². The molecule has 100 valence electrons. The van der Waals surface area contributed by atoms with Crippen LogP contribution in [0.25, 0.3) is 0 Å². The van der Waals surface area contributed by atoms with Gasteiger partial charge in [0.1, 0.15) is 0 Å². The Hall–Kier alpha value is -1.50. The van der Waals surface area contributed by atoms with Crippen molar-refractivity contribution in [2.24, 2.45) is 0 Å². The van der Waals surface area contributed by atoms with Crippen molar-refractivity contribution in [1.29, 1.82) is 0 Å². The highest BCUT2D eigenvalue weighted by Crippen LogP contribution is 2.19. The van der Waals surface area contributed by atoms with Crippen LogP contribution in [0.15, 0.2) is 24.3 Å². The Morgan fingerprint density at radius 2 is 2.28 bits per heavy atom. The first-order valence-electron chi connectivity index (χ1n) is 5.68. The topological polar surface area (TPSA) is 84.6 Å². The first-order valence-corrected chi connectivity index (χ1v) is 5.68. The number of nitro groups is 1. The summed E-state index contributed by atoms with van der Waals surface area (Å²) < 4.78 is 4.96. The quantitative estimate of drug-likeness (QED) is 0.565. The lowest BCUT2D eigenvalue weighted by molar-refractivity contribution is -0.384. The van der Waals surface area contributed by atoms with E-state index in [1.54, 1.807) is 13.2 Å². The zero-order valence-electron chi connectivity index (χ0n) is 10.5. The SMILES string of the molecule is COCC(CO)NC(C)c1cccc([N+](=O)[O-])c1. The molecule has 0 fully saturated rings. The van der Waals surface area contributed by atoms with Gasteiger partial charge in [-0.3, -0.25) is 10.1 Å². The summed E-state index contributed by atoms with van der Waals surface area (Å²) in [5.74, 6) is 0. The molecule has 2 unspecified atom stereocenters. The van der Waals surface area contributed by atoms with Gasteiger partial charge in [0.2, 0.25) is 0 Å². The predicted octanol–water partition coefficient (Wildman–Crippen LogP) is 1.25. The molecule has 0 spiro atoms. The molecule has 0 saturated carbocycles. The third kappa shape index (κ3) is 4.06. The van der Waals surface area contributed by atoms with E-state index in [0.717, 1.165) is 5.56 Å². The molecule has 0 radical (unpaired) electrons. The van der Waals surface area contributed by atoms with E-state index in [-0.39, 0.29) is 24.4 Å². The summed E-state index contributed by atoms with van der Waals surface area (Å²) in [6.07, 6.45) is 0. The van der Waals surface area contributed by atoms with Gasteiger partial charge in [0, 0.05) is 25.3 Å². The molecule has 1 rings (SSSR count). The molecule has 0 heterocycles. The Morgan fingerprint density at radius 1 is 1.56 bits per heavy atom. The molecular weight excluding hydrogens is 236 g/mol. The van der Waals surface area contributed by atoms with Crippen molar-refractivity contribution >= 4 is 5.69 Å². The van der Waals surface area contributed by atoms with Crippen LogP contribution in [0.5, 0.6) is 0 Å². The predicted molar refractivity (Wildman–Crippen MR) is 67.4 cm³/mol. The number of benzene rings is 1. The van der Waals surface area contributed by atoms with Crippen molar-refractivity contribution < 1.29 is 14.8 Å². The lowest BCUT2D eigenvalue weighted by atomic mass is 10.1. The number of rotatable bonds is 7. The van der Waals surface area contributed by atoms with Crippen LogP contribution in [-0.2, 0) is 4.74 Å². The molecule has 2 N–H and O–H groups in total. The Labute approximate surface area is 106 Å². The minimum Gasteiger partial charge on any atom is -0.395 e. The molecule has 1 aromatic carbocycles. The maximum absolute atomic E-state index is 10.7. The van der Waals surface area contributed by atoms with E-state index in [2.05, 4.69) is 5.32 Å². The van der Waals surface area contributed by atoms with Gasteiger partial charge in [-0.2, -0.15) is 0 Å². The summed E-state index contributed by atoms with van der Waals surface area (Å²) in [4.78, 5) is 10.3. The molecule has 1 aromatic rings. The molecule has 18 heavy (non-hydrogen) atoms. The zero-order valence-corrected chi connectivity index (χ0v) is 10.5. The molecule has 0 aliphatic carbocycles. The van der Waals surface area contributed by atoms with Crippen LogP contribution in [0.1, 0.15) is 18.5 Å².